The van der Waals surface area contributed by atoms with Crippen LogP contribution >= 0.6 is 11.6 Å². The minimum atomic E-state index is -1.10. The van der Waals surface area contributed by atoms with Crippen molar-refractivity contribution >= 4 is 17.6 Å². The summed E-state index contributed by atoms with van der Waals surface area (Å²) < 4.78 is 5.78. The number of hydrogen-bond acceptors (Lipinski definition) is 2. The van der Waals surface area contributed by atoms with Gasteiger partial charge in [-0.1, -0.05) is 49.7 Å². The summed E-state index contributed by atoms with van der Waals surface area (Å²) in [5.41, 5.74) is 0.997. The molecular formula is C16H15ClO3. The van der Waals surface area contributed by atoms with E-state index in [1.807, 2.05) is 24.3 Å². The van der Waals surface area contributed by atoms with Crippen LogP contribution in [-0.2, 0) is 0 Å². The molecule has 2 rings (SSSR count). The van der Waals surface area contributed by atoms with E-state index < -0.39 is 5.97 Å². The molecule has 0 aromatic heterocycles. The van der Waals surface area contributed by atoms with Crippen LogP contribution in [0.3, 0.4) is 0 Å². The van der Waals surface area contributed by atoms with E-state index in [1.165, 1.54) is 6.07 Å². The van der Waals surface area contributed by atoms with Gasteiger partial charge in [0.15, 0.2) is 0 Å². The molecule has 3 nitrogen and oxygen atoms in total. The molecule has 0 amide bonds. The summed E-state index contributed by atoms with van der Waals surface area (Å²) in [6, 6.07) is 12.4. The third kappa shape index (κ3) is 2.94. The molecule has 0 heterocycles. The molecule has 2 aromatic rings. The summed E-state index contributed by atoms with van der Waals surface area (Å²) in [5.74, 6) is 0.0663. The van der Waals surface area contributed by atoms with Gasteiger partial charge < -0.3 is 9.84 Å². The molecule has 0 aliphatic heterocycles. The highest BCUT2D eigenvalue weighted by Gasteiger charge is 2.17. The highest BCUT2D eigenvalue weighted by Crippen LogP contribution is 2.34. The largest absolute Gasteiger partial charge is 0.478 e. The van der Waals surface area contributed by atoms with Crippen molar-refractivity contribution < 1.29 is 14.6 Å². The molecule has 0 aliphatic rings. The third-order valence-corrected chi connectivity index (χ3v) is 3.27. The number of aromatic carboxylic acids is 1. The number of carboxylic acids is 1. The van der Waals surface area contributed by atoms with Crippen molar-refractivity contribution in [1.29, 1.82) is 0 Å². The molecule has 0 fully saturated rings. The molecule has 2 aromatic carbocycles. The highest BCUT2D eigenvalue weighted by molar-refractivity contribution is 6.33. The molecule has 4 heteroatoms. The van der Waals surface area contributed by atoms with Crippen LogP contribution in [0.15, 0.2) is 42.5 Å². The van der Waals surface area contributed by atoms with Crippen LogP contribution < -0.4 is 4.74 Å². The topological polar surface area (TPSA) is 46.5 Å². The van der Waals surface area contributed by atoms with E-state index in [0.29, 0.717) is 5.75 Å². The fraction of sp³-hybridized carbons (Fsp3) is 0.188. The van der Waals surface area contributed by atoms with Gasteiger partial charge >= 0.3 is 5.97 Å². The Morgan fingerprint density at radius 3 is 2.40 bits per heavy atom. The van der Waals surface area contributed by atoms with Gasteiger partial charge in [-0.3, -0.25) is 0 Å². The monoisotopic (exact) mass is 290 g/mol. The minimum Gasteiger partial charge on any atom is -0.478 e. The van der Waals surface area contributed by atoms with Crippen molar-refractivity contribution in [2.24, 2.45) is 0 Å². The predicted octanol–water partition coefficient (Wildman–Crippen LogP) is 4.95. The molecule has 1 N–H and O–H groups in total. The zero-order valence-corrected chi connectivity index (χ0v) is 12.0. The van der Waals surface area contributed by atoms with Gasteiger partial charge in [-0.15, -0.1) is 0 Å². The lowest BCUT2D eigenvalue weighted by Gasteiger charge is -2.15. The summed E-state index contributed by atoms with van der Waals surface area (Å²) in [5, 5.41) is 9.40. The Bertz CT molecular complexity index is 635. The summed E-state index contributed by atoms with van der Waals surface area (Å²) >= 11 is 5.93. The number of carboxylic acid groups (broad SMARTS) is 1. The maximum Gasteiger partial charge on any atom is 0.341 e. The van der Waals surface area contributed by atoms with Gasteiger partial charge in [-0.25, -0.2) is 4.79 Å². The van der Waals surface area contributed by atoms with Gasteiger partial charge in [0.1, 0.15) is 17.1 Å². The first kappa shape index (κ1) is 14.4. The number of ether oxygens (including phenoxy) is 1. The first-order valence-corrected chi connectivity index (χ1v) is 6.67. The zero-order chi connectivity index (χ0) is 14.7. The zero-order valence-electron chi connectivity index (χ0n) is 11.3. The smallest absolute Gasteiger partial charge is 0.341 e. The molecule has 0 atom stereocenters. The van der Waals surface area contributed by atoms with Gasteiger partial charge in [-0.2, -0.15) is 0 Å². The molecule has 0 bridgehead atoms. The van der Waals surface area contributed by atoms with Crippen LogP contribution in [0.2, 0.25) is 5.02 Å². The summed E-state index contributed by atoms with van der Waals surface area (Å²) in [6.07, 6.45) is 0. The summed E-state index contributed by atoms with van der Waals surface area (Å²) in [6.45, 7) is 4.11. The predicted molar refractivity (Wildman–Crippen MR) is 79.0 cm³/mol. The molecule has 0 saturated heterocycles. The maximum atomic E-state index is 11.3. The van der Waals surface area contributed by atoms with Crippen molar-refractivity contribution in [2.45, 2.75) is 19.8 Å². The number of para-hydroxylation sites is 1. The molecule has 104 valence electrons. The Hall–Kier alpha value is -2.00. The van der Waals surface area contributed by atoms with Crippen LogP contribution in [0.5, 0.6) is 11.5 Å². The van der Waals surface area contributed by atoms with Crippen molar-refractivity contribution in [3.63, 3.8) is 0 Å². The summed E-state index contributed by atoms with van der Waals surface area (Å²) in [7, 11) is 0. The fourth-order valence-corrected chi connectivity index (χ4v) is 2.21. The third-order valence-electron chi connectivity index (χ3n) is 2.95. The van der Waals surface area contributed by atoms with Crippen molar-refractivity contribution in [1.82, 2.24) is 0 Å². The van der Waals surface area contributed by atoms with E-state index in [2.05, 4.69) is 13.8 Å². The second kappa shape index (κ2) is 5.97. The van der Waals surface area contributed by atoms with Crippen molar-refractivity contribution in [3.8, 4) is 11.5 Å². The first-order valence-electron chi connectivity index (χ1n) is 6.29. The van der Waals surface area contributed by atoms with Crippen LogP contribution in [0.4, 0.5) is 0 Å². The van der Waals surface area contributed by atoms with E-state index in [0.717, 1.165) is 5.56 Å². The highest BCUT2D eigenvalue weighted by atomic mass is 35.5. The normalized spacial score (nSPS) is 10.6. The fourth-order valence-electron chi connectivity index (χ4n) is 1.97. The number of rotatable bonds is 4. The first-order chi connectivity index (χ1) is 9.50. The molecule has 20 heavy (non-hydrogen) atoms. The number of hydrogen-bond donors (Lipinski definition) is 1. The number of halogens is 1. The van der Waals surface area contributed by atoms with Gasteiger partial charge in [0.25, 0.3) is 0 Å². The average molecular weight is 291 g/mol. The van der Waals surface area contributed by atoms with Gasteiger partial charge in [0.2, 0.25) is 0 Å². The Labute approximate surface area is 122 Å². The standard InChI is InChI=1S/C16H15ClO3/c1-10(2)11-6-3-4-8-13(11)20-14-9-5-7-12(17)15(14)16(18)19/h3-10H,1-2H3,(H,18,19). The molecule has 0 saturated carbocycles. The van der Waals surface area contributed by atoms with E-state index in [9.17, 15) is 9.90 Å². The maximum absolute atomic E-state index is 11.3. The Kier molecular flexibility index (Phi) is 4.30. The van der Waals surface area contributed by atoms with Gasteiger partial charge in [-0.05, 0) is 29.7 Å². The van der Waals surface area contributed by atoms with Gasteiger partial charge in [0, 0.05) is 0 Å². The lowest BCUT2D eigenvalue weighted by Crippen LogP contribution is -2.02. The number of carbonyl (C=O) groups is 1. The Morgan fingerprint density at radius 1 is 1.10 bits per heavy atom. The lowest BCUT2D eigenvalue weighted by molar-refractivity contribution is 0.0694. The Balaban J connectivity index is 2.46. The van der Waals surface area contributed by atoms with Crippen LogP contribution in [-0.4, -0.2) is 11.1 Å². The van der Waals surface area contributed by atoms with E-state index in [-0.39, 0.29) is 22.3 Å². The molecule has 0 unspecified atom stereocenters. The second-order valence-corrected chi connectivity index (χ2v) is 5.12. The Morgan fingerprint density at radius 2 is 1.75 bits per heavy atom. The van der Waals surface area contributed by atoms with Gasteiger partial charge in [0.05, 0.1) is 5.02 Å². The van der Waals surface area contributed by atoms with Crippen LogP contribution in [0.1, 0.15) is 35.7 Å². The quantitative estimate of drug-likeness (QED) is 0.866. The molecule has 0 aliphatic carbocycles. The molecule has 0 radical (unpaired) electrons. The van der Waals surface area contributed by atoms with E-state index in [1.54, 1.807) is 12.1 Å². The number of benzene rings is 2. The van der Waals surface area contributed by atoms with Crippen molar-refractivity contribution in [2.75, 3.05) is 0 Å². The van der Waals surface area contributed by atoms with Crippen LogP contribution in [0.25, 0.3) is 0 Å². The lowest BCUT2D eigenvalue weighted by atomic mass is 10.0. The SMILES string of the molecule is CC(C)c1ccccc1Oc1cccc(Cl)c1C(=O)O. The van der Waals surface area contributed by atoms with Crippen molar-refractivity contribution in [3.05, 3.63) is 58.6 Å². The minimum absolute atomic E-state index is 0.0206. The van der Waals surface area contributed by atoms with Crippen LogP contribution in [0, 0.1) is 0 Å². The average Bonchev–Trinajstić information content (AvgIpc) is 2.38. The van der Waals surface area contributed by atoms with E-state index >= 15 is 0 Å². The second-order valence-electron chi connectivity index (χ2n) is 4.71. The van der Waals surface area contributed by atoms with E-state index in [4.69, 9.17) is 16.3 Å². The summed E-state index contributed by atoms with van der Waals surface area (Å²) in [4.78, 5) is 11.3. The molecule has 0 spiro atoms. The molecular weight excluding hydrogens is 276 g/mol.